The molecule has 4 nitrogen and oxygen atoms in total. The molecule has 0 unspecified atom stereocenters. The van der Waals surface area contributed by atoms with Gasteiger partial charge in [-0.15, -0.1) is 0 Å². The van der Waals surface area contributed by atoms with Crippen LogP contribution in [-0.2, 0) is 25.6 Å². The van der Waals surface area contributed by atoms with Crippen LogP contribution in [0.2, 0.25) is 0 Å². The summed E-state index contributed by atoms with van der Waals surface area (Å²) >= 11 is 0. The Hall–Kier alpha value is -1.65. The van der Waals surface area contributed by atoms with Crippen molar-refractivity contribution in [3.8, 4) is 0 Å². The van der Waals surface area contributed by atoms with Gasteiger partial charge in [0.05, 0.1) is 19.8 Å². The van der Waals surface area contributed by atoms with E-state index in [0.717, 1.165) is 5.56 Å². The molecule has 0 radical (unpaired) electrons. The molecule has 1 atom stereocenters. The molecule has 0 saturated carbocycles. The molecule has 0 aliphatic carbocycles. The van der Waals surface area contributed by atoms with Crippen LogP contribution in [0.15, 0.2) is 42.0 Å². The monoisotopic (exact) mass is 292 g/mol. The van der Waals surface area contributed by atoms with Crippen molar-refractivity contribution in [1.29, 1.82) is 0 Å². The van der Waals surface area contributed by atoms with Crippen molar-refractivity contribution in [2.24, 2.45) is 5.92 Å². The van der Waals surface area contributed by atoms with Crippen LogP contribution in [0, 0.1) is 5.92 Å². The van der Waals surface area contributed by atoms with E-state index < -0.39 is 0 Å². The first-order valence-corrected chi connectivity index (χ1v) is 7.18. The van der Waals surface area contributed by atoms with Crippen LogP contribution in [0.3, 0.4) is 0 Å². The molecule has 1 aromatic rings. The summed E-state index contributed by atoms with van der Waals surface area (Å²) in [6.45, 7) is 7.20. The topological polar surface area (TPSA) is 44.8 Å². The van der Waals surface area contributed by atoms with Gasteiger partial charge in [-0.2, -0.15) is 0 Å². The number of ether oxygens (including phenoxy) is 3. The highest BCUT2D eigenvalue weighted by Crippen LogP contribution is 2.06. The number of carbonyl (C=O) groups excluding carboxylic acids is 1. The average Bonchev–Trinajstić information content (AvgIpc) is 2.48. The molecule has 1 rings (SSSR count). The molecule has 0 aromatic heterocycles. The van der Waals surface area contributed by atoms with E-state index in [1.165, 1.54) is 0 Å². The van der Waals surface area contributed by atoms with Crippen molar-refractivity contribution in [3.05, 3.63) is 47.5 Å². The normalized spacial score (nSPS) is 13.0. The number of carbonyl (C=O) groups is 1. The smallest absolute Gasteiger partial charge is 0.333 e. The van der Waals surface area contributed by atoms with E-state index in [2.05, 4.69) is 0 Å². The summed E-state index contributed by atoms with van der Waals surface area (Å²) in [6.07, 6.45) is 1.86. The highest BCUT2D eigenvalue weighted by molar-refractivity contribution is 5.87. The minimum atomic E-state index is -0.273. The van der Waals surface area contributed by atoms with Gasteiger partial charge in [-0.1, -0.05) is 43.3 Å². The summed E-state index contributed by atoms with van der Waals surface area (Å²) in [7, 11) is 0. The fourth-order valence-corrected chi connectivity index (χ4v) is 1.81. The largest absolute Gasteiger partial charge is 0.463 e. The molecule has 0 N–H and O–H groups in total. The van der Waals surface area contributed by atoms with Crippen LogP contribution >= 0.6 is 0 Å². The van der Waals surface area contributed by atoms with E-state index >= 15 is 0 Å². The highest BCUT2D eigenvalue weighted by atomic mass is 16.7. The van der Waals surface area contributed by atoms with E-state index in [1.54, 1.807) is 13.8 Å². The first kappa shape index (κ1) is 17.4. The zero-order valence-corrected chi connectivity index (χ0v) is 13.0. The van der Waals surface area contributed by atoms with Crippen LogP contribution in [0.1, 0.15) is 26.3 Å². The maximum Gasteiger partial charge on any atom is 0.333 e. The summed E-state index contributed by atoms with van der Waals surface area (Å²) in [6, 6.07) is 9.94. The second-order valence-corrected chi connectivity index (χ2v) is 4.87. The predicted molar refractivity (Wildman–Crippen MR) is 81.6 cm³/mol. The molecule has 0 aliphatic rings. The van der Waals surface area contributed by atoms with Crippen molar-refractivity contribution in [2.75, 3.05) is 20.0 Å². The molecule has 0 heterocycles. The lowest BCUT2D eigenvalue weighted by Gasteiger charge is -2.10. The van der Waals surface area contributed by atoms with Crippen molar-refractivity contribution < 1.29 is 19.0 Å². The zero-order chi connectivity index (χ0) is 15.5. The first-order chi connectivity index (χ1) is 10.1. The lowest BCUT2D eigenvalue weighted by molar-refractivity contribution is -0.138. The van der Waals surface area contributed by atoms with E-state index in [0.29, 0.717) is 25.4 Å². The highest BCUT2D eigenvalue weighted by Gasteiger charge is 2.07. The van der Waals surface area contributed by atoms with Crippen molar-refractivity contribution in [2.45, 2.75) is 27.4 Å². The molecule has 0 saturated heterocycles. The van der Waals surface area contributed by atoms with E-state index in [1.807, 2.05) is 43.3 Å². The lowest BCUT2D eigenvalue weighted by Crippen LogP contribution is -2.10. The van der Waals surface area contributed by atoms with Gasteiger partial charge in [-0.3, -0.25) is 0 Å². The van der Waals surface area contributed by atoms with Gasteiger partial charge in [0.1, 0.15) is 6.79 Å². The predicted octanol–water partition coefficient (Wildman–Crippen LogP) is 3.32. The molecule has 1 aromatic carbocycles. The Bertz CT molecular complexity index is 439. The van der Waals surface area contributed by atoms with Crippen LogP contribution in [0.25, 0.3) is 0 Å². The first-order valence-electron chi connectivity index (χ1n) is 7.18. The zero-order valence-electron chi connectivity index (χ0n) is 13.0. The van der Waals surface area contributed by atoms with E-state index in [9.17, 15) is 4.79 Å². The third-order valence-corrected chi connectivity index (χ3v) is 2.79. The van der Waals surface area contributed by atoms with Crippen LogP contribution < -0.4 is 0 Å². The standard InChI is InChI=1S/C17H24O4/c1-4-21-17(18)15(3)10-14(2)11-19-13-20-12-16-8-6-5-7-9-16/h5-10,14H,4,11-13H2,1-3H3/b15-10+/t14-/m0/s1. The summed E-state index contributed by atoms with van der Waals surface area (Å²) < 4.78 is 15.8. The minimum Gasteiger partial charge on any atom is -0.463 e. The second kappa shape index (κ2) is 10.1. The summed E-state index contributed by atoms with van der Waals surface area (Å²) in [5.41, 5.74) is 1.73. The maximum absolute atomic E-state index is 11.5. The van der Waals surface area contributed by atoms with Crippen molar-refractivity contribution in [1.82, 2.24) is 0 Å². The van der Waals surface area contributed by atoms with Gasteiger partial charge < -0.3 is 14.2 Å². The number of hydrogen-bond acceptors (Lipinski definition) is 4. The van der Waals surface area contributed by atoms with Gasteiger partial charge in [0.25, 0.3) is 0 Å². The summed E-state index contributed by atoms with van der Waals surface area (Å²) in [5.74, 6) is -0.139. The quantitative estimate of drug-likeness (QED) is 0.303. The third-order valence-electron chi connectivity index (χ3n) is 2.79. The Morgan fingerprint density at radius 3 is 2.62 bits per heavy atom. The molecular weight excluding hydrogens is 268 g/mol. The molecular formula is C17H24O4. The molecule has 0 bridgehead atoms. The Morgan fingerprint density at radius 2 is 1.95 bits per heavy atom. The van der Waals surface area contributed by atoms with Crippen molar-refractivity contribution in [3.63, 3.8) is 0 Å². The number of rotatable bonds is 9. The third kappa shape index (κ3) is 7.63. The minimum absolute atomic E-state index is 0.134. The molecule has 21 heavy (non-hydrogen) atoms. The fraction of sp³-hybridized carbons (Fsp3) is 0.471. The summed E-state index contributed by atoms with van der Waals surface area (Å²) in [5, 5.41) is 0. The van der Waals surface area contributed by atoms with Gasteiger partial charge in [-0.05, 0) is 25.3 Å². The van der Waals surface area contributed by atoms with Crippen LogP contribution in [0.4, 0.5) is 0 Å². The molecule has 0 fully saturated rings. The van der Waals surface area contributed by atoms with Crippen LogP contribution in [-0.4, -0.2) is 26.0 Å². The molecule has 116 valence electrons. The van der Waals surface area contributed by atoms with Crippen LogP contribution in [0.5, 0.6) is 0 Å². The Labute approximate surface area is 126 Å². The molecule has 0 aliphatic heterocycles. The molecule has 4 heteroatoms. The van der Waals surface area contributed by atoms with Gasteiger partial charge in [0.2, 0.25) is 0 Å². The Balaban J connectivity index is 2.17. The molecule has 0 amide bonds. The summed E-state index contributed by atoms with van der Waals surface area (Å²) in [4.78, 5) is 11.5. The van der Waals surface area contributed by atoms with Gasteiger partial charge in [0, 0.05) is 5.57 Å². The Morgan fingerprint density at radius 1 is 1.24 bits per heavy atom. The Kier molecular flexibility index (Phi) is 8.40. The number of benzene rings is 1. The molecule has 0 spiro atoms. The average molecular weight is 292 g/mol. The van der Waals surface area contributed by atoms with Gasteiger partial charge >= 0.3 is 5.97 Å². The second-order valence-electron chi connectivity index (χ2n) is 4.87. The van der Waals surface area contributed by atoms with E-state index in [-0.39, 0.29) is 18.7 Å². The lowest BCUT2D eigenvalue weighted by atomic mass is 10.1. The SMILES string of the molecule is CCOC(=O)/C(C)=C/[C@H](C)COCOCc1ccccc1. The van der Waals surface area contributed by atoms with Gasteiger partial charge in [-0.25, -0.2) is 4.79 Å². The number of esters is 1. The number of hydrogen-bond donors (Lipinski definition) is 0. The van der Waals surface area contributed by atoms with Gasteiger partial charge in [0.15, 0.2) is 0 Å². The van der Waals surface area contributed by atoms with Crippen molar-refractivity contribution >= 4 is 5.97 Å². The maximum atomic E-state index is 11.5. The van der Waals surface area contributed by atoms with E-state index in [4.69, 9.17) is 14.2 Å². The fourth-order valence-electron chi connectivity index (χ4n) is 1.81.